The van der Waals surface area contributed by atoms with Gasteiger partial charge in [0.15, 0.2) is 0 Å². The van der Waals surface area contributed by atoms with Gasteiger partial charge in [0.1, 0.15) is 0 Å². The van der Waals surface area contributed by atoms with Crippen LogP contribution in [0.25, 0.3) is 0 Å². The quantitative estimate of drug-likeness (QED) is 0.544. The number of halogens is 2. The summed E-state index contributed by atoms with van der Waals surface area (Å²) < 4.78 is 10.9. The molecule has 2 N–H and O–H groups in total. The summed E-state index contributed by atoms with van der Waals surface area (Å²) >= 11 is 0. The molecule has 1 aliphatic heterocycles. The molecule has 0 aliphatic carbocycles. The van der Waals surface area contributed by atoms with E-state index in [2.05, 4.69) is 0 Å². The van der Waals surface area contributed by atoms with Crippen molar-refractivity contribution in [3.05, 3.63) is 11.5 Å². The molecule has 0 aromatic carbocycles. The minimum atomic E-state index is -4.44. The number of hydrogen-bond donors (Lipinski definition) is 2. The van der Waals surface area contributed by atoms with Crippen molar-refractivity contribution < 1.29 is 14.4 Å². The summed E-state index contributed by atoms with van der Waals surface area (Å²) in [7, 11) is 11.3. The molecule has 0 fully saturated rings. The smallest absolute Gasteiger partial charge is 0.316 e. The van der Waals surface area contributed by atoms with E-state index in [1.54, 1.807) is 6.08 Å². The highest BCUT2D eigenvalue weighted by Gasteiger charge is 2.44. The molecule has 7 heteroatoms. The van der Waals surface area contributed by atoms with Gasteiger partial charge in [-0.25, -0.2) is 4.57 Å². The van der Waals surface area contributed by atoms with Gasteiger partial charge in [0.25, 0.3) is 0 Å². The van der Waals surface area contributed by atoms with Gasteiger partial charge in [0.05, 0.1) is 0 Å². The molecule has 1 heterocycles. The van der Waals surface area contributed by atoms with Gasteiger partial charge < -0.3 is 9.79 Å². The summed E-state index contributed by atoms with van der Waals surface area (Å²) in [6, 6.07) is 0. The lowest BCUT2D eigenvalue weighted by Gasteiger charge is -2.30. The molecule has 11 heavy (non-hydrogen) atoms. The van der Waals surface area contributed by atoms with Crippen LogP contribution >= 0.6 is 35.0 Å². The lowest BCUT2D eigenvalue weighted by molar-refractivity contribution is 0.396. The van der Waals surface area contributed by atoms with Gasteiger partial charge in [-0.2, -0.15) is 0 Å². The molecule has 0 radical (unpaired) electrons. The molecule has 0 aromatic rings. The van der Waals surface area contributed by atoms with E-state index in [0.717, 1.165) is 0 Å². The summed E-state index contributed by atoms with van der Waals surface area (Å²) in [5.41, 5.74) is 0. The van der Waals surface area contributed by atoms with Crippen LogP contribution in [0.1, 0.15) is 6.42 Å². The number of rotatable bonds is 1. The van der Waals surface area contributed by atoms with E-state index in [0.29, 0.717) is 6.42 Å². The maximum absolute atomic E-state index is 10.9. The maximum atomic E-state index is 10.9. The fraction of sp³-hybridized carbons (Fsp3) is 0.250. The van der Waals surface area contributed by atoms with Gasteiger partial charge in [-0.1, -0.05) is 6.08 Å². The third-order valence-electron chi connectivity index (χ3n) is 1.32. The Bertz CT molecular complexity index is 322. The van der Waals surface area contributed by atoms with E-state index in [9.17, 15) is 4.57 Å². The highest BCUT2D eigenvalue weighted by molar-refractivity contribution is 9.07. The first-order chi connectivity index (χ1) is 4.75. The summed E-state index contributed by atoms with van der Waals surface area (Å²) in [6.45, 7) is -8.14. The topological polar surface area (TPSA) is 57.5 Å². The van der Waals surface area contributed by atoms with Crippen molar-refractivity contribution in [1.29, 1.82) is 0 Å². The summed E-state index contributed by atoms with van der Waals surface area (Å²) in [5.74, 6) is 0. The monoisotopic (exact) mass is 236 g/mol. The van der Waals surface area contributed by atoms with Crippen molar-refractivity contribution in [2.75, 3.05) is 0 Å². The van der Waals surface area contributed by atoms with E-state index in [-0.39, 0.29) is 0 Å². The average molecular weight is 237 g/mol. The van der Waals surface area contributed by atoms with Gasteiger partial charge >= 0.3 is 6.80 Å². The van der Waals surface area contributed by atoms with E-state index >= 15 is 0 Å². The van der Waals surface area contributed by atoms with Crippen LogP contribution in [0.2, 0.25) is 0 Å². The second-order valence-corrected chi connectivity index (χ2v) is 15.1. The molecule has 0 unspecified atom stereocenters. The Morgan fingerprint density at radius 2 is 2.00 bits per heavy atom. The first-order valence-corrected chi connectivity index (χ1v) is 8.73. The fourth-order valence-electron chi connectivity index (χ4n) is 0.686. The highest BCUT2D eigenvalue weighted by Crippen LogP contribution is 2.93. The normalized spacial score (nSPS) is 30.4. The van der Waals surface area contributed by atoms with Crippen molar-refractivity contribution >= 4 is 40.3 Å². The SMILES string of the molecule is O=P(O)(O)S1(Cl)(Cl)=CCC=C1. The first kappa shape index (κ1) is 9.78. The van der Waals surface area contributed by atoms with Crippen molar-refractivity contribution in [1.82, 2.24) is 0 Å². The zero-order chi connectivity index (χ0) is 8.78. The molecule has 0 spiro atoms. The largest absolute Gasteiger partial charge is 0.390 e. The van der Waals surface area contributed by atoms with Crippen molar-refractivity contribution in [2.24, 2.45) is 0 Å². The zero-order valence-corrected chi connectivity index (χ0v) is 8.58. The van der Waals surface area contributed by atoms with Crippen LogP contribution in [0.4, 0.5) is 0 Å². The Balaban J connectivity index is 3.41. The van der Waals surface area contributed by atoms with Crippen LogP contribution in [-0.4, -0.2) is 15.2 Å². The van der Waals surface area contributed by atoms with Crippen LogP contribution in [0.5, 0.6) is 0 Å². The molecule has 1 rings (SSSR count). The Labute approximate surface area is 72.8 Å². The minimum absolute atomic E-state index is 0.417. The predicted molar refractivity (Wildman–Crippen MR) is 51.2 cm³/mol. The highest BCUT2D eigenvalue weighted by atomic mass is 36.0. The summed E-state index contributed by atoms with van der Waals surface area (Å²) in [5, 5.41) is 2.52. The standard InChI is InChI=1S/C4H7Cl2O3PS/c5-11(6,10(7,8)9)3-1-2-4-11/h1,3-4H,2H2,(H2,7,8,9). The van der Waals surface area contributed by atoms with Crippen LogP contribution in [-0.2, 0) is 4.57 Å². The lowest BCUT2D eigenvalue weighted by atomic mass is 10.5. The van der Waals surface area contributed by atoms with E-state index in [1.165, 1.54) is 10.8 Å². The molecule has 0 bridgehead atoms. The molecule has 1 aliphatic rings. The molecule has 0 aromatic heterocycles. The van der Waals surface area contributed by atoms with Crippen molar-refractivity contribution in [2.45, 2.75) is 6.42 Å². The molecule has 0 saturated carbocycles. The molecule has 66 valence electrons. The van der Waals surface area contributed by atoms with Crippen LogP contribution < -0.4 is 0 Å². The molecular formula is C4H7Cl2O3PS. The maximum Gasteiger partial charge on any atom is 0.390 e. The second kappa shape index (κ2) is 2.34. The summed E-state index contributed by atoms with van der Waals surface area (Å²) in [4.78, 5) is 17.7. The lowest BCUT2D eigenvalue weighted by Crippen LogP contribution is -1.89. The second-order valence-electron chi connectivity index (χ2n) is 2.16. The predicted octanol–water partition coefficient (Wildman–Crippen LogP) is 2.45. The van der Waals surface area contributed by atoms with Crippen LogP contribution in [0.15, 0.2) is 11.5 Å². The number of hydrogen-bond acceptors (Lipinski definition) is 1. The third-order valence-corrected chi connectivity index (χ3v) is 11.8. The zero-order valence-electron chi connectivity index (χ0n) is 5.35. The van der Waals surface area contributed by atoms with Crippen molar-refractivity contribution in [3.63, 3.8) is 0 Å². The average Bonchev–Trinajstić information content (AvgIpc) is 2.10. The molecular weight excluding hydrogens is 230 g/mol. The Kier molecular flexibility index (Phi) is 2.08. The van der Waals surface area contributed by atoms with E-state index in [1.807, 2.05) is 0 Å². The molecule has 3 nitrogen and oxygen atoms in total. The first-order valence-electron chi connectivity index (χ1n) is 2.69. The van der Waals surface area contributed by atoms with Crippen molar-refractivity contribution in [3.8, 4) is 0 Å². The molecule has 0 amide bonds. The fourth-order valence-corrected chi connectivity index (χ4v) is 4.50. The Morgan fingerprint density at radius 3 is 2.18 bits per heavy atom. The van der Waals surface area contributed by atoms with E-state index < -0.39 is 13.6 Å². The van der Waals surface area contributed by atoms with Crippen LogP contribution in [0, 0.1) is 0 Å². The number of allylic oxidation sites excluding steroid dienone is 1. The molecule has 0 saturated heterocycles. The van der Waals surface area contributed by atoms with Gasteiger partial charge in [0.2, 0.25) is 0 Å². The van der Waals surface area contributed by atoms with Crippen LogP contribution in [0.3, 0.4) is 0 Å². The van der Waals surface area contributed by atoms with Gasteiger partial charge in [-0.05, 0) is 45.4 Å². The Morgan fingerprint density at radius 1 is 1.45 bits per heavy atom. The molecule has 0 atom stereocenters. The summed E-state index contributed by atoms with van der Waals surface area (Å²) in [6.07, 6.45) is 1.97. The Hall–Kier alpha value is 0.690. The van der Waals surface area contributed by atoms with Gasteiger partial charge in [-0.3, -0.25) is 0 Å². The van der Waals surface area contributed by atoms with E-state index in [4.69, 9.17) is 31.2 Å². The van der Waals surface area contributed by atoms with Gasteiger partial charge in [0, 0.05) is 0 Å². The minimum Gasteiger partial charge on any atom is -0.316 e. The van der Waals surface area contributed by atoms with Gasteiger partial charge in [-0.15, -0.1) is 0 Å². The third kappa shape index (κ3) is 1.44.